The number of hydrogen-bond donors (Lipinski definition) is 0. The van der Waals surface area contributed by atoms with Gasteiger partial charge in [0.05, 0.1) is 12.7 Å². The van der Waals surface area contributed by atoms with E-state index in [4.69, 9.17) is 16.4 Å². The Morgan fingerprint density at radius 2 is 1.83 bits per heavy atom. The van der Waals surface area contributed by atoms with Crippen molar-refractivity contribution in [2.24, 2.45) is 5.16 Å². The number of nitrogens with zero attached hydrogens (tertiary/aromatic N) is 2. The summed E-state index contributed by atoms with van der Waals surface area (Å²) in [6, 6.07) is 4.89. The van der Waals surface area contributed by atoms with Gasteiger partial charge in [0.15, 0.2) is 5.84 Å². The molecule has 0 fully saturated rings. The second kappa shape index (κ2) is 6.26. The molecule has 0 N–H and O–H groups in total. The smallest absolute Gasteiger partial charge is 0.337 e. The second-order valence-corrected chi connectivity index (χ2v) is 4.15. The Morgan fingerprint density at radius 3 is 2.33 bits per heavy atom. The highest BCUT2D eigenvalue weighted by molar-refractivity contribution is 6.31. The van der Waals surface area contributed by atoms with Gasteiger partial charge in [-0.3, -0.25) is 0 Å². The molecule has 0 unspecified atom stereocenters. The molecule has 1 aromatic carbocycles. The zero-order valence-electron chi connectivity index (χ0n) is 10.7. The maximum Gasteiger partial charge on any atom is 0.337 e. The molecule has 1 aromatic rings. The lowest BCUT2D eigenvalue weighted by Gasteiger charge is -2.15. The van der Waals surface area contributed by atoms with E-state index < -0.39 is 5.97 Å². The van der Waals surface area contributed by atoms with Crippen LogP contribution in [0.1, 0.15) is 15.9 Å². The fourth-order valence-corrected chi connectivity index (χ4v) is 1.67. The van der Waals surface area contributed by atoms with E-state index in [0.717, 1.165) is 0 Å². The van der Waals surface area contributed by atoms with E-state index in [-0.39, 0.29) is 0 Å². The largest absolute Gasteiger partial charge is 0.465 e. The van der Waals surface area contributed by atoms with Crippen molar-refractivity contribution >= 4 is 23.4 Å². The van der Waals surface area contributed by atoms with Gasteiger partial charge in [0, 0.05) is 24.7 Å². The minimum atomic E-state index is -0.450. The first kappa shape index (κ1) is 14.3. The molecule has 0 saturated heterocycles. The van der Waals surface area contributed by atoms with Crippen molar-refractivity contribution in [3.8, 4) is 0 Å². The van der Waals surface area contributed by atoms with E-state index in [0.29, 0.717) is 22.0 Å². The van der Waals surface area contributed by atoms with Crippen LogP contribution in [0, 0.1) is 0 Å². The van der Waals surface area contributed by atoms with Gasteiger partial charge in [-0.25, -0.2) is 4.79 Å². The topological polar surface area (TPSA) is 51.1 Å². The number of carbonyl (C=O) groups excluding carboxylic acids is 1. The maximum atomic E-state index is 11.5. The van der Waals surface area contributed by atoms with E-state index in [1.807, 2.05) is 14.1 Å². The fourth-order valence-electron chi connectivity index (χ4n) is 1.43. The Balaban J connectivity index is 3.28. The Labute approximate surface area is 111 Å². The molecule has 0 heterocycles. The van der Waals surface area contributed by atoms with Gasteiger partial charge >= 0.3 is 5.97 Å². The number of hydrogen-bond acceptors (Lipinski definition) is 4. The average Bonchev–Trinajstić information content (AvgIpc) is 2.33. The van der Waals surface area contributed by atoms with Crippen molar-refractivity contribution in [2.75, 3.05) is 28.3 Å². The lowest BCUT2D eigenvalue weighted by Crippen LogP contribution is -2.23. The van der Waals surface area contributed by atoms with Crippen molar-refractivity contribution < 1.29 is 14.4 Å². The zero-order chi connectivity index (χ0) is 13.7. The van der Waals surface area contributed by atoms with Crippen LogP contribution in [0.4, 0.5) is 0 Å². The number of amidine groups is 1. The third-order valence-corrected chi connectivity index (χ3v) is 2.40. The standard InChI is InChI=1S/C12H15ClN2O3/c1-15(2)11(14-18-4)8-5-9(12(16)17-3)7-10(13)6-8/h5-7H,1-4H3. The van der Waals surface area contributed by atoms with Crippen LogP contribution in [0.25, 0.3) is 0 Å². The Kier molecular flexibility index (Phi) is 4.97. The summed E-state index contributed by atoms with van der Waals surface area (Å²) in [4.78, 5) is 18.0. The van der Waals surface area contributed by atoms with Crippen LogP contribution < -0.4 is 0 Å². The van der Waals surface area contributed by atoms with Crippen LogP contribution in [0.5, 0.6) is 0 Å². The Bertz CT molecular complexity index is 472. The highest BCUT2D eigenvalue weighted by Crippen LogP contribution is 2.17. The van der Waals surface area contributed by atoms with Crippen molar-refractivity contribution in [3.63, 3.8) is 0 Å². The number of methoxy groups -OCH3 is 1. The van der Waals surface area contributed by atoms with E-state index in [9.17, 15) is 4.79 Å². The molecular weight excluding hydrogens is 256 g/mol. The molecule has 0 radical (unpaired) electrons. The monoisotopic (exact) mass is 270 g/mol. The zero-order valence-corrected chi connectivity index (χ0v) is 11.5. The summed E-state index contributed by atoms with van der Waals surface area (Å²) in [7, 11) is 6.40. The first-order chi connectivity index (χ1) is 8.49. The summed E-state index contributed by atoms with van der Waals surface area (Å²) in [5, 5.41) is 4.32. The molecule has 0 aromatic heterocycles. The van der Waals surface area contributed by atoms with E-state index in [1.54, 1.807) is 17.0 Å². The van der Waals surface area contributed by atoms with Crippen molar-refractivity contribution in [1.82, 2.24) is 4.90 Å². The van der Waals surface area contributed by atoms with Crippen LogP contribution in [-0.2, 0) is 9.57 Å². The molecule has 0 aliphatic carbocycles. The number of benzene rings is 1. The minimum absolute atomic E-state index is 0.366. The molecule has 0 spiro atoms. The van der Waals surface area contributed by atoms with Gasteiger partial charge in [-0.1, -0.05) is 16.8 Å². The molecule has 0 amide bonds. The molecule has 6 heteroatoms. The first-order valence-electron chi connectivity index (χ1n) is 5.17. The van der Waals surface area contributed by atoms with E-state index >= 15 is 0 Å². The summed E-state index contributed by atoms with van der Waals surface area (Å²) >= 11 is 5.98. The molecule has 1 rings (SSSR count). The predicted molar refractivity (Wildman–Crippen MR) is 70.0 cm³/mol. The predicted octanol–water partition coefficient (Wildman–Crippen LogP) is 2.00. The third-order valence-electron chi connectivity index (χ3n) is 2.18. The fraction of sp³-hybridized carbons (Fsp3) is 0.333. The van der Waals surface area contributed by atoms with Gasteiger partial charge in [-0.2, -0.15) is 0 Å². The molecule has 0 saturated carbocycles. The lowest BCUT2D eigenvalue weighted by molar-refractivity contribution is 0.0600. The number of rotatable bonds is 3. The number of esters is 1. The van der Waals surface area contributed by atoms with Gasteiger partial charge in [0.1, 0.15) is 7.11 Å². The average molecular weight is 271 g/mol. The van der Waals surface area contributed by atoms with Crippen LogP contribution in [0.3, 0.4) is 0 Å². The Hall–Kier alpha value is -1.75. The van der Waals surface area contributed by atoms with Crippen molar-refractivity contribution in [3.05, 3.63) is 34.3 Å². The van der Waals surface area contributed by atoms with Gasteiger partial charge in [0.2, 0.25) is 0 Å². The molecule has 18 heavy (non-hydrogen) atoms. The molecule has 0 bridgehead atoms. The molecule has 98 valence electrons. The molecule has 5 nitrogen and oxygen atoms in total. The number of halogens is 1. The van der Waals surface area contributed by atoms with Crippen LogP contribution in [0.15, 0.2) is 23.4 Å². The van der Waals surface area contributed by atoms with Gasteiger partial charge in [-0.15, -0.1) is 0 Å². The number of ether oxygens (including phenoxy) is 1. The van der Waals surface area contributed by atoms with E-state index in [1.165, 1.54) is 20.3 Å². The molecule has 0 atom stereocenters. The lowest BCUT2D eigenvalue weighted by atomic mass is 10.1. The number of oxime groups is 1. The van der Waals surface area contributed by atoms with Gasteiger partial charge in [0.25, 0.3) is 0 Å². The first-order valence-corrected chi connectivity index (χ1v) is 5.55. The summed E-state index contributed by atoms with van der Waals surface area (Å²) < 4.78 is 4.66. The van der Waals surface area contributed by atoms with Gasteiger partial charge < -0.3 is 14.5 Å². The van der Waals surface area contributed by atoms with Crippen molar-refractivity contribution in [1.29, 1.82) is 0 Å². The van der Waals surface area contributed by atoms with E-state index in [2.05, 4.69) is 9.89 Å². The molecule has 0 aliphatic heterocycles. The summed E-state index contributed by atoms with van der Waals surface area (Å²) in [5.74, 6) is 0.111. The quantitative estimate of drug-likeness (QED) is 0.365. The summed E-state index contributed by atoms with van der Waals surface area (Å²) in [6.45, 7) is 0. The summed E-state index contributed by atoms with van der Waals surface area (Å²) in [6.07, 6.45) is 0. The Morgan fingerprint density at radius 1 is 1.22 bits per heavy atom. The maximum absolute atomic E-state index is 11.5. The third kappa shape index (κ3) is 3.37. The van der Waals surface area contributed by atoms with Crippen LogP contribution in [0.2, 0.25) is 5.02 Å². The van der Waals surface area contributed by atoms with Crippen molar-refractivity contribution in [2.45, 2.75) is 0 Å². The second-order valence-electron chi connectivity index (χ2n) is 3.71. The highest BCUT2D eigenvalue weighted by Gasteiger charge is 2.13. The van der Waals surface area contributed by atoms with Crippen LogP contribution >= 0.6 is 11.6 Å². The SMILES string of the molecule is CON=C(c1cc(Cl)cc(C(=O)OC)c1)N(C)C. The summed E-state index contributed by atoms with van der Waals surface area (Å²) in [5.41, 5.74) is 1.04. The minimum Gasteiger partial charge on any atom is -0.465 e. The van der Waals surface area contributed by atoms with Crippen LogP contribution in [-0.4, -0.2) is 45.0 Å². The normalized spacial score (nSPS) is 11.1. The molecular formula is C12H15ClN2O3. The number of carbonyl (C=O) groups is 1. The molecule has 0 aliphatic rings. The van der Waals surface area contributed by atoms with Gasteiger partial charge in [-0.05, 0) is 18.2 Å². The highest BCUT2D eigenvalue weighted by atomic mass is 35.5.